The largest absolute Gasteiger partial charge is 0.504 e. The van der Waals surface area contributed by atoms with Crippen LogP contribution in [0.2, 0.25) is 0 Å². The van der Waals surface area contributed by atoms with Crippen LogP contribution in [-0.2, 0) is 14.8 Å². The molecule has 0 aromatic heterocycles. The number of aromatic hydroxyl groups is 1. The number of hydrogen-bond donors (Lipinski definition) is 3. The van der Waals surface area contributed by atoms with Gasteiger partial charge in [-0.25, -0.2) is 13.6 Å². The second-order valence-electron chi connectivity index (χ2n) is 5.53. The number of amides is 1. The maximum Gasteiger partial charge on any atom is 0.271 e. The minimum Gasteiger partial charge on any atom is -0.504 e. The van der Waals surface area contributed by atoms with Gasteiger partial charge in [-0.1, -0.05) is 6.07 Å². The number of benzene rings is 2. The van der Waals surface area contributed by atoms with Crippen LogP contribution in [0.15, 0.2) is 52.3 Å². The van der Waals surface area contributed by atoms with Crippen LogP contribution < -0.4 is 14.8 Å². The summed E-state index contributed by atoms with van der Waals surface area (Å²) in [4.78, 5) is 14.1. The monoisotopic (exact) mass is 405 g/mol. The van der Waals surface area contributed by atoms with Gasteiger partial charge in [-0.2, -0.15) is 0 Å². The third-order valence-corrected chi connectivity index (χ3v) is 5.57. The molecule has 1 aliphatic heterocycles. The first kappa shape index (κ1) is 19.0. The fourth-order valence-corrected chi connectivity index (χ4v) is 3.82. The Morgan fingerprint density at radius 1 is 1.22 bits per heavy atom. The SMILES string of the molecule is COc1cc(/C=C2\SC(=N)N(c3ccc(S(N)(=O)=O)cc3)C2=O)ccc1O. The summed E-state index contributed by atoms with van der Waals surface area (Å²) in [5.74, 6) is -0.167. The Kier molecular flexibility index (Phi) is 4.96. The van der Waals surface area contributed by atoms with Gasteiger partial charge in [-0.05, 0) is 59.8 Å². The molecule has 10 heteroatoms. The van der Waals surface area contributed by atoms with E-state index in [0.29, 0.717) is 16.2 Å². The highest BCUT2D eigenvalue weighted by Gasteiger charge is 2.33. The standard InChI is InChI=1S/C17H15N3O5S2/c1-25-14-8-10(2-7-13(14)21)9-15-16(22)20(17(18)26-15)11-3-5-12(6-4-11)27(19,23)24/h2-9,18,21H,1H3,(H2,19,23,24)/b15-9-,18-17?. The predicted molar refractivity (Wildman–Crippen MR) is 103 cm³/mol. The summed E-state index contributed by atoms with van der Waals surface area (Å²) in [5, 5.41) is 22.8. The lowest BCUT2D eigenvalue weighted by Crippen LogP contribution is -2.28. The fourth-order valence-electron chi connectivity index (χ4n) is 2.44. The Labute approximate surface area is 159 Å². The lowest BCUT2D eigenvalue weighted by molar-refractivity contribution is -0.113. The summed E-state index contributed by atoms with van der Waals surface area (Å²) in [6, 6.07) is 10.0. The van der Waals surface area contributed by atoms with Crippen molar-refractivity contribution < 1.29 is 23.1 Å². The number of amidine groups is 1. The molecule has 27 heavy (non-hydrogen) atoms. The quantitative estimate of drug-likeness (QED) is 0.667. The lowest BCUT2D eigenvalue weighted by Gasteiger charge is -2.14. The van der Waals surface area contributed by atoms with E-state index in [0.717, 1.165) is 11.8 Å². The zero-order valence-electron chi connectivity index (χ0n) is 14.0. The molecule has 0 aliphatic carbocycles. The molecule has 1 amide bonds. The molecule has 0 unspecified atom stereocenters. The van der Waals surface area contributed by atoms with Gasteiger partial charge in [-0.3, -0.25) is 15.1 Å². The molecular weight excluding hydrogens is 390 g/mol. The van der Waals surface area contributed by atoms with Gasteiger partial charge in [0.1, 0.15) is 0 Å². The first-order valence-corrected chi connectivity index (χ1v) is 9.89. The number of nitrogens with one attached hydrogen (secondary N) is 1. The van der Waals surface area contributed by atoms with E-state index in [9.17, 15) is 18.3 Å². The van der Waals surface area contributed by atoms with E-state index in [-0.39, 0.29) is 21.6 Å². The van der Waals surface area contributed by atoms with Crippen molar-refractivity contribution in [3.05, 3.63) is 52.9 Å². The van der Waals surface area contributed by atoms with Crippen LogP contribution in [0.4, 0.5) is 5.69 Å². The second kappa shape index (κ2) is 7.06. The van der Waals surface area contributed by atoms with E-state index in [1.165, 1.54) is 42.3 Å². The van der Waals surface area contributed by atoms with Crippen molar-refractivity contribution in [2.75, 3.05) is 12.0 Å². The molecule has 140 valence electrons. The Bertz CT molecular complexity index is 1060. The topological polar surface area (TPSA) is 134 Å². The van der Waals surface area contributed by atoms with E-state index in [2.05, 4.69) is 0 Å². The molecule has 1 fully saturated rings. The van der Waals surface area contributed by atoms with Crippen LogP contribution in [0.1, 0.15) is 5.56 Å². The normalized spacial score (nSPS) is 16.2. The van der Waals surface area contributed by atoms with Gasteiger partial charge in [0.2, 0.25) is 10.0 Å². The number of anilines is 1. The number of primary sulfonamides is 1. The number of methoxy groups -OCH3 is 1. The summed E-state index contributed by atoms with van der Waals surface area (Å²) < 4.78 is 27.7. The lowest BCUT2D eigenvalue weighted by atomic mass is 10.2. The van der Waals surface area contributed by atoms with Gasteiger partial charge in [0.15, 0.2) is 16.7 Å². The zero-order chi connectivity index (χ0) is 19.8. The van der Waals surface area contributed by atoms with Crippen LogP contribution in [0.25, 0.3) is 6.08 Å². The van der Waals surface area contributed by atoms with Crippen molar-refractivity contribution in [1.82, 2.24) is 0 Å². The van der Waals surface area contributed by atoms with E-state index in [4.69, 9.17) is 15.3 Å². The number of ether oxygens (including phenoxy) is 1. The highest BCUT2D eigenvalue weighted by Crippen LogP contribution is 2.36. The molecule has 0 spiro atoms. The number of sulfonamides is 1. The van der Waals surface area contributed by atoms with Crippen LogP contribution in [0, 0.1) is 5.41 Å². The Hall–Kier alpha value is -2.82. The van der Waals surface area contributed by atoms with Crippen molar-refractivity contribution in [2.45, 2.75) is 4.90 Å². The highest BCUT2D eigenvalue weighted by atomic mass is 32.2. The molecule has 0 bridgehead atoms. The van der Waals surface area contributed by atoms with E-state index in [1.807, 2.05) is 0 Å². The molecule has 1 heterocycles. The van der Waals surface area contributed by atoms with E-state index < -0.39 is 15.9 Å². The minimum atomic E-state index is -3.84. The average Bonchev–Trinajstić information content (AvgIpc) is 2.89. The van der Waals surface area contributed by atoms with E-state index in [1.54, 1.807) is 18.2 Å². The molecule has 0 saturated carbocycles. The molecule has 2 aromatic carbocycles. The molecule has 3 rings (SSSR count). The molecule has 2 aromatic rings. The number of nitrogens with zero attached hydrogens (tertiary/aromatic N) is 1. The number of carbonyl (C=O) groups excluding carboxylic acids is 1. The van der Waals surface area contributed by atoms with Crippen molar-refractivity contribution in [3.8, 4) is 11.5 Å². The minimum absolute atomic E-state index is 0.0136. The molecule has 1 saturated heterocycles. The maximum absolute atomic E-state index is 12.7. The van der Waals surface area contributed by atoms with Crippen molar-refractivity contribution in [2.24, 2.45) is 5.14 Å². The van der Waals surface area contributed by atoms with Gasteiger partial charge >= 0.3 is 0 Å². The van der Waals surface area contributed by atoms with Gasteiger partial charge in [0, 0.05) is 0 Å². The molecule has 8 nitrogen and oxygen atoms in total. The number of rotatable bonds is 4. The molecule has 0 atom stereocenters. The van der Waals surface area contributed by atoms with E-state index >= 15 is 0 Å². The first-order chi connectivity index (χ1) is 12.7. The Balaban J connectivity index is 1.91. The molecular formula is C17H15N3O5S2. The second-order valence-corrected chi connectivity index (χ2v) is 8.12. The summed E-state index contributed by atoms with van der Waals surface area (Å²) in [7, 11) is -2.42. The third-order valence-electron chi connectivity index (χ3n) is 3.75. The fraction of sp³-hybridized carbons (Fsp3) is 0.0588. The van der Waals surface area contributed by atoms with Crippen LogP contribution >= 0.6 is 11.8 Å². The molecule has 4 N–H and O–H groups in total. The highest BCUT2D eigenvalue weighted by molar-refractivity contribution is 8.19. The number of phenols is 1. The van der Waals surface area contributed by atoms with Gasteiger partial charge < -0.3 is 9.84 Å². The number of thioether (sulfide) groups is 1. The van der Waals surface area contributed by atoms with Crippen LogP contribution in [0.3, 0.4) is 0 Å². The van der Waals surface area contributed by atoms with Crippen LogP contribution in [-0.4, -0.2) is 31.7 Å². The Morgan fingerprint density at radius 3 is 2.48 bits per heavy atom. The zero-order valence-corrected chi connectivity index (χ0v) is 15.7. The Morgan fingerprint density at radius 2 is 1.89 bits per heavy atom. The summed E-state index contributed by atoms with van der Waals surface area (Å²) in [6.07, 6.45) is 1.59. The number of phenolic OH excluding ortho intramolecular Hbond substituents is 1. The average molecular weight is 405 g/mol. The van der Waals surface area contributed by atoms with Crippen molar-refractivity contribution in [3.63, 3.8) is 0 Å². The van der Waals surface area contributed by atoms with Gasteiger partial charge in [0.25, 0.3) is 5.91 Å². The van der Waals surface area contributed by atoms with Crippen molar-refractivity contribution >= 4 is 44.6 Å². The number of nitrogens with two attached hydrogens (primary N) is 1. The maximum atomic E-state index is 12.7. The van der Waals surface area contributed by atoms with Crippen molar-refractivity contribution in [1.29, 1.82) is 5.41 Å². The molecule has 1 aliphatic rings. The van der Waals surface area contributed by atoms with Gasteiger partial charge in [0.05, 0.1) is 22.6 Å². The van der Waals surface area contributed by atoms with Gasteiger partial charge in [-0.15, -0.1) is 0 Å². The first-order valence-electron chi connectivity index (χ1n) is 7.53. The predicted octanol–water partition coefficient (Wildman–Crippen LogP) is 2.10. The smallest absolute Gasteiger partial charge is 0.271 e. The third kappa shape index (κ3) is 3.82. The number of carbonyl (C=O) groups is 1. The summed E-state index contributed by atoms with van der Waals surface area (Å²) >= 11 is 0.973. The summed E-state index contributed by atoms with van der Waals surface area (Å²) in [6.45, 7) is 0. The summed E-state index contributed by atoms with van der Waals surface area (Å²) in [5.41, 5.74) is 0.983. The van der Waals surface area contributed by atoms with Crippen LogP contribution in [0.5, 0.6) is 11.5 Å². The number of hydrogen-bond acceptors (Lipinski definition) is 7. The molecule has 0 radical (unpaired) electrons.